The molecule has 0 saturated heterocycles. The SMILES string of the molecule is N#Cc1ccc(N[C@H]2C[C@@H](C(F)(F)F)C2)cc1F. The number of rotatable bonds is 2. The van der Waals surface area contributed by atoms with E-state index in [0.29, 0.717) is 5.69 Å². The maximum absolute atomic E-state index is 13.2. The number of anilines is 1. The van der Waals surface area contributed by atoms with Crippen molar-refractivity contribution in [3.8, 4) is 6.07 Å². The second-order valence-corrected chi connectivity index (χ2v) is 4.36. The first-order chi connectivity index (χ1) is 8.40. The Morgan fingerprint density at radius 1 is 1.28 bits per heavy atom. The maximum Gasteiger partial charge on any atom is 0.391 e. The van der Waals surface area contributed by atoms with Crippen LogP contribution in [0.5, 0.6) is 0 Å². The van der Waals surface area contributed by atoms with Gasteiger partial charge in [0.15, 0.2) is 0 Å². The molecule has 1 fully saturated rings. The van der Waals surface area contributed by atoms with E-state index in [1.807, 2.05) is 0 Å². The summed E-state index contributed by atoms with van der Waals surface area (Å²) >= 11 is 0. The monoisotopic (exact) mass is 258 g/mol. The molecule has 0 aliphatic heterocycles. The van der Waals surface area contributed by atoms with Crippen LogP contribution in [0, 0.1) is 23.1 Å². The van der Waals surface area contributed by atoms with Gasteiger partial charge in [0, 0.05) is 11.7 Å². The van der Waals surface area contributed by atoms with Crippen molar-refractivity contribution in [2.75, 3.05) is 5.32 Å². The Hall–Kier alpha value is -1.77. The highest BCUT2D eigenvalue weighted by Crippen LogP contribution is 2.42. The van der Waals surface area contributed by atoms with E-state index >= 15 is 0 Å². The van der Waals surface area contributed by atoms with Gasteiger partial charge in [0.25, 0.3) is 0 Å². The summed E-state index contributed by atoms with van der Waals surface area (Å²) in [6.07, 6.45) is -4.13. The molecule has 6 heteroatoms. The van der Waals surface area contributed by atoms with E-state index < -0.39 is 17.9 Å². The molecule has 1 saturated carbocycles. The van der Waals surface area contributed by atoms with Crippen LogP contribution in [0.2, 0.25) is 0 Å². The van der Waals surface area contributed by atoms with E-state index in [4.69, 9.17) is 5.26 Å². The molecular formula is C12H10F4N2. The fourth-order valence-corrected chi connectivity index (χ4v) is 1.93. The number of hydrogen-bond donors (Lipinski definition) is 1. The van der Waals surface area contributed by atoms with E-state index in [1.165, 1.54) is 12.1 Å². The van der Waals surface area contributed by atoms with Crippen LogP contribution in [0.3, 0.4) is 0 Å². The lowest BCUT2D eigenvalue weighted by Gasteiger charge is -2.37. The van der Waals surface area contributed by atoms with Crippen molar-refractivity contribution < 1.29 is 17.6 Å². The Kier molecular flexibility index (Phi) is 3.16. The van der Waals surface area contributed by atoms with Crippen LogP contribution in [0.25, 0.3) is 0 Å². The van der Waals surface area contributed by atoms with E-state index in [1.54, 1.807) is 6.07 Å². The van der Waals surface area contributed by atoms with Crippen LogP contribution in [0.15, 0.2) is 18.2 Å². The summed E-state index contributed by atoms with van der Waals surface area (Å²) < 4.78 is 50.0. The summed E-state index contributed by atoms with van der Waals surface area (Å²) in [5, 5.41) is 11.4. The summed E-state index contributed by atoms with van der Waals surface area (Å²) in [6, 6.07) is 5.31. The lowest BCUT2D eigenvalue weighted by atomic mass is 9.79. The Morgan fingerprint density at radius 3 is 2.44 bits per heavy atom. The molecule has 2 rings (SSSR count). The number of nitriles is 1. The first-order valence-electron chi connectivity index (χ1n) is 5.43. The highest BCUT2D eigenvalue weighted by molar-refractivity contribution is 5.49. The molecule has 0 amide bonds. The zero-order valence-corrected chi connectivity index (χ0v) is 9.26. The van der Waals surface area contributed by atoms with Crippen molar-refractivity contribution in [2.24, 2.45) is 5.92 Å². The molecule has 0 aromatic heterocycles. The fourth-order valence-electron chi connectivity index (χ4n) is 1.93. The van der Waals surface area contributed by atoms with Crippen molar-refractivity contribution in [2.45, 2.75) is 25.1 Å². The number of hydrogen-bond acceptors (Lipinski definition) is 2. The van der Waals surface area contributed by atoms with Gasteiger partial charge >= 0.3 is 6.18 Å². The quantitative estimate of drug-likeness (QED) is 0.825. The molecule has 0 radical (unpaired) electrons. The van der Waals surface area contributed by atoms with Gasteiger partial charge in [-0.1, -0.05) is 0 Å². The molecule has 0 spiro atoms. The lowest BCUT2D eigenvalue weighted by molar-refractivity contribution is -0.195. The van der Waals surface area contributed by atoms with Gasteiger partial charge in [-0.15, -0.1) is 0 Å². The number of halogens is 4. The molecule has 1 aliphatic carbocycles. The smallest absolute Gasteiger partial charge is 0.382 e. The third-order valence-electron chi connectivity index (χ3n) is 3.06. The molecular weight excluding hydrogens is 248 g/mol. The van der Waals surface area contributed by atoms with E-state index in [9.17, 15) is 17.6 Å². The minimum atomic E-state index is -4.14. The van der Waals surface area contributed by atoms with Crippen molar-refractivity contribution in [1.29, 1.82) is 5.26 Å². The van der Waals surface area contributed by atoms with Crippen LogP contribution >= 0.6 is 0 Å². The normalized spacial score (nSPS) is 23.1. The van der Waals surface area contributed by atoms with Gasteiger partial charge in [0.05, 0.1) is 11.5 Å². The first kappa shape index (κ1) is 12.7. The molecule has 1 aromatic rings. The lowest BCUT2D eigenvalue weighted by Crippen LogP contribution is -2.43. The van der Waals surface area contributed by atoms with E-state index in [0.717, 1.165) is 6.07 Å². The van der Waals surface area contributed by atoms with Crippen LogP contribution in [0.4, 0.5) is 23.2 Å². The number of nitrogens with zero attached hydrogens (tertiary/aromatic N) is 1. The summed E-state index contributed by atoms with van der Waals surface area (Å²) in [4.78, 5) is 0. The summed E-state index contributed by atoms with van der Waals surface area (Å²) in [5.41, 5.74) is 0.319. The molecule has 0 bridgehead atoms. The van der Waals surface area contributed by atoms with Crippen molar-refractivity contribution >= 4 is 5.69 Å². The molecule has 2 nitrogen and oxygen atoms in total. The molecule has 0 unspecified atom stereocenters. The largest absolute Gasteiger partial charge is 0.391 e. The second kappa shape index (κ2) is 4.48. The van der Waals surface area contributed by atoms with Crippen LogP contribution in [-0.4, -0.2) is 12.2 Å². The van der Waals surface area contributed by atoms with Crippen molar-refractivity contribution in [1.82, 2.24) is 0 Å². The summed E-state index contributed by atoms with van der Waals surface area (Å²) in [5.74, 6) is -1.94. The average molecular weight is 258 g/mol. The predicted octanol–water partition coefficient (Wildman–Crippen LogP) is 3.45. The van der Waals surface area contributed by atoms with Gasteiger partial charge in [-0.3, -0.25) is 0 Å². The maximum atomic E-state index is 13.2. The van der Waals surface area contributed by atoms with Crippen LogP contribution < -0.4 is 5.32 Å². The molecule has 96 valence electrons. The Morgan fingerprint density at radius 2 is 1.94 bits per heavy atom. The summed E-state index contributed by atoms with van der Waals surface area (Å²) in [6.45, 7) is 0. The zero-order valence-electron chi connectivity index (χ0n) is 9.26. The van der Waals surface area contributed by atoms with Gasteiger partial charge < -0.3 is 5.32 Å². The molecule has 1 aromatic carbocycles. The minimum absolute atomic E-state index is 0.00508. The molecule has 0 atom stereocenters. The highest BCUT2D eigenvalue weighted by atomic mass is 19.4. The summed E-state index contributed by atoms with van der Waals surface area (Å²) in [7, 11) is 0. The third-order valence-corrected chi connectivity index (χ3v) is 3.06. The topological polar surface area (TPSA) is 35.8 Å². The number of alkyl halides is 3. The predicted molar refractivity (Wildman–Crippen MR) is 57.3 cm³/mol. The Bertz CT molecular complexity index is 484. The van der Waals surface area contributed by atoms with Gasteiger partial charge in [0.1, 0.15) is 11.9 Å². The zero-order chi connectivity index (χ0) is 13.3. The standard InChI is InChI=1S/C12H10F4N2/c13-11-5-9(2-1-7(11)6-17)18-10-3-8(4-10)12(14,15)16/h1-2,5,8,10,18H,3-4H2/t8-,10+. The first-order valence-corrected chi connectivity index (χ1v) is 5.43. The molecule has 1 N–H and O–H groups in total. The van der Waals surface area contributed by atoms with Gasteiger partial charge in [-0.05, 0) is 31.0 Å². The van der Waals surface area contributed by atoms with Gasteiger partial charge in [-0.25, -0.2) is 4.39 Å². The fraction of sp³-hybridized carbons (Fsp3) is 0.417. The Balaban J connectivity index is 1.93. The highest BCUT2D eigenvalue weighted by Gasteiger charge is 2.47. The number of benzene rings is 1. The Labute approximate surface area is 101 Å². The molecule has 0 heterocycles. The second-order valence-electron chi connectivity index (χ2n) is 4.36. The van der Waals surface area contributed by atoms with Gasteiger partial charge in [0.2, 0.25) is 0 Å². The van der Waals surface area contributed by atoms with Crippen LogP contribution in [-0.2, 0) is 0 Å². The van der Waals surface area contributed by atoms with Crippen molar-refractivity contribution in [3.63, 3.8) is 0 Å². The average Bonchev–Trinajstić information content (AvgIpc) is 2.21. The van der Waals surface area contributed by atoms with Gasteiger partial charge in [-0.2, -0.15) is 18.4 Å². The minimum Gasteiger partial charge on any atom is -0.382 e. The molecule has 18 heavy (non-hydrogen) atoms. The van der Waals surface area contributed by atoms with E-state index in [2.05, 4.69) is 5.32 Å². The number of nitrogens with one attached hydrogen (secondary N) is 1. The molecule has 1 aliphatic rings. The van der Waals surface area contributed by atoms with Crippen LogP contribution in [0.1, 0.15) is 18.4 Å². The third kappa shape index (κ3) is 2.55. The van der Waals surface area contributed by atoms with E-state index in [-0.39, 0.29) is 24.4 Å². The van der Waals surface area contributed by atoms with Crippen molar-refractivity contribution in [3.05, 3.63) is 29.6 Å².